The maximum atomic E-state index is 12.3. The minimum atomic E-state index is -0.816. The third-order valence-electron chi connectivity index (χ3n) is 3.25. The van der Waals surface area contributed by atoms with E-state index in [2.05, 4.69) is 15.5 Å². The van der Waals surface area contributed by atoms with Gasteiger partial charge in [0.15, 0.2) is 5.71 Å². The predicted molar refractivity (Wildman–Crippen MR) is 95.7 cm³/mol. The number of anilines is 3. The number of esters is 1. The van der Waals surface area contributed by atoms with Gasteiger partial charge in [-0.2, -0.15) is 15.6 Å². The number of carbonyl (C=O) groups is 1. The molecule has 9 heteroatoms. The highest BCUT2D eigenvalue weighted by molar-refractivity contribution is 6.43. The van der Waals surface area contributed by atoms with E-state index in [1.807, 2.05) is 12.1 Å². The Morgan fingerprint density at radius 3 is 2.46 bits per heavy atom. The summed E-state index contributed by atoms with van der Waals surface area (Å²) in [5.41, 5.74) is 13.9. The molecule has 0 unspecified atom stereocenters. The summed E-state index contributed by atoms with van der Waals surface area (Å²) in [7, 11) is 0. The number of aromatic nitrogens is 1. The molecule has 0 aliphatic carbocycles. The van der Waals surface area contributed by atoms with Crippen LogP contribution < -0.4 is 16.9 Å². The maximum absolute atomic E-state index is 12.3. The van der Waals surface area contributed by atoms with Gasteiger partial charge in [0.05, 0.1) is 18.0 Å². The molecule has 1 aromatic carbocycles. The normalized spacial score (nSPS) is 10.5. The zero-order valence-electron chi connectivity index (χ0n) is 13.9. The van der Waals surface area contributed by atoms with Crippen LogP contribution in [0.5, 0.6) is 0 Å². The molecule has 5 N–H and O–H groups in total. The fourth-order valence-corrected chi connectivity index (χ4v) is 2.05. The lowest BCUT2D eigenvalue weighted by atomic mass is 10.0. The van der Waals surface area contributed by atoms with Gasteiger partial charge in [0.1, 0.15) is 34.8 Å². The first kappa shape index (κ1) is 18.2. The van der Waals surface area contributed by atoms with Crippen LogP contribution in [0.4, 0.5) is 17.2 Å². The van der Waals surface area contributed by atoms with Crippen molar-refractivity contribution in [1.82, 2.24) is 4.98 Å². The van der Waals surface area contributed by atoms with Gasteiger partial charge in [0.25, 0.3) is 0 Å². The first-order chi connectivity index (χ1) is 12.5. The molecule has 1 heterocycles. The lowest BCUT2D eigenvalue weighted by Gasteiger charge is -2.11. The molecule has 0 amide bonds. The molecule has 0 aliphatic rings. The maximum Gasteiger partial charge on any atom is 0.361 e. The average molecular weight is 349 g/mol. The second-order valence-electron chi connectivity index (χ2n) is 4.89. The third kappa shape index (κ3) is 3.68. The summed E-state index contributed by atoms with van der Waals surface area (Å²) in [5.74, 6) is -1.03. The van der Waals surface area contributed by atoms with Crippen molar-refractivity contribution in [3.8, 4) is 12.1 Å². The van der Waals surface area contributed by atoms with E-state index < -0.39 is 5.97 Å². The molecule has 0 spiro atoms. The third-order valence-corrected chi connectivity index (χ3v) is 3.25. The van der Waals surface area contributed by atoms with Gasteiger partial charge < -0.3 is 16.2 Å². The molecule has 1 aromatic heterocycles. The number of ether oxygens (including phenoxy) is 1. The van der Waals surface area contributed by atoms with Gasteiger partial charge in [-0.05, 0) is 19.1 Å². The summed E-state index contributed by atoms with van der Waals surface area (Å²) < 4.78 is 4.98. The fraction of sp³-hybridized carbons (Fsp3) is 0.118. The minimum absolute atomic E-state index is 0.0896. The van der Waals surface area contributed by atoms with Crippen LogP contribution in [0.25, 0.3) is 0 Å². The molecule has 0 radical (unpaired) electrons. The smallest absolute Gasteiger partial charge is 0.361 e. The van der Waals surface area contributed by atoms with Crippen LogP contribution in [0.1, 0.15) is 23.7 Å². The van der Waals surface area contributed by atoms with Crippen LogP contribution >= 0.6 is 0 Å². The minimum Gasteiger partial charge on any atom is -0.461 e. The van der Waals surface area contributed by atoms with Gasteiger partial charge in [0.2, 0.25) is 0 Å². The number of nitriles is 2. The van der Waals surface area contributed by atoms with Gasteiger partial charge in [-0.3, -0.25) is 5.43 Å². The first-order valence-corrected chi connectivity index (χ1v) is 7.48. The largest absolute Gasteiger partial charge is 0.461 e. The molecule has 9 nitrogen and oxygen atoms in total. The summed E-state index contributed by atoms with van der Waals surface area (Å²) in [4.78, 5) is 16.3. The highest BCUT2D eigenvalue weighted by atomic mass is 16.5. The van der Waals surface area contributed by atoms with E-state index in [1.165, 1.54) is 0 Å². The van der Waals surface area contributed by atoms with Crippen molar-refractivity contribution in [2.24, 2.45) is 5.10 Å². The second kappa shape index (κ2) is 8.13. The molecule has 0 aliphatic heterocycles. The number of pyridine rings is 1. The standard InChI is InChI=1S/C17H15N7O2/c1-2-26-17(25)15(24-23-10-6-4-3-5-7-10)14-11(8-18)13(20)12(9-19)16(21)22-14/h3-7,23H,2H2,1H3,(H4,20,21,22)/b24-15-. The van der Waals surface area contributed by atoms with Crippen molar-refractivity contribution in [1.29, 1.82) is 10.5 Å². The summed E-state index contributed by atoms with van der Waals surface area (Å²) in [6, 6.07) is 12.4. The van der Waals surface area contributed by atoms with Crippen LogP contribution in [0.15, 0.2) is 35.4 Å². The van der Waals surface area contributed by atoms with E-state index >= 15 is 0 Å². The van der Waals surface area contributed by atoms with Gasteiger partial charge in [-0.25, -0.2) is 9.78 Å². The Balaban J connectivity index is 2.61. The quantitative estimate of drug-likeness (QED) is 0.414. The molecule has 2 rings (SSSR count). The van der Waals surface area contributed by atoms with Crippen LogP contribution in [0.3, 0.4) is 0 Å². The Morgan fingerprint density at radius 2 is 1.88 bits per heavy atom. The van der Waals surface area contributed by atoms with Gasteiger partial charge >= 0.3 is 5.97 Å². The van der Waals surface area contributed by atoms with Crippen molar-refractivity contribution in [2.75, 3.05) is 23.5 Å². The summed E-state index contributed by atoms with van der Waals surface area (Å²) >= 11 is 0. The molecule has 0 fully saturated rings. The number of para-hydroxylation sites is 1. The molecule has 130 valence electrons. The number of hydrogen-bond donors (Lipinski definition) is 3. The monoisotopic (exact) mass is 349 g/mol. The number of nitrogens with two attached hydrogens (primary N) is 2. The van der Waals surface area contributed by atoms with E-state index in [4.69, 9.17) is 21.5 Å². The van der Waals surface area contributed by atoms with E-state index in [0.717, 1.165) is 0 Å². The van der Waals surface area contributed by atoms with Gasteiger partial charge in [-0.1, -0.05) is 18.2 Å². The highest BCUT2D eigenvalue weighted by Crippen LogP contribution is 2.24. The van der Waals surface area contributed by atoms with E-state index in [1.54, 1.807) is 37.3 Å². The molecule has 0 bridgehead atoms. The fourth-order valence-electron chi connectivity index (χ4n) is 2.05. The Kier molecular flexibility index (Phi) is 5.70. The molecule has 26 heavy (non-hydrogen) atoms. The van der Waals surface area contributed by atoms with Crippen molar-refractivity contribution < 1.29 is 9.53 Å². The SMILES string of the molecule is CCOC(=O)/C(=N\Nc1ccccc1)c1nc(N)c(C#N)c(N)c1C#N. The molecule has 0 saturated heterocycles. The van der Waals surface area contributed by atoms with Crippen LogP contribution in [-0.4, -0.2) is 23.3 Å². The Labute approximate surface area is 149 Å². The lowest BCUT2D eigenvalue weighted by Crippen LogP contribution is -2.24. The second-order valence-corrected chi connectivity index (χ2v) is 4.89. The predicted octanol–water partition coefficient (Wildman–Crippen LogP) is 1.37. The average Bonchev–Trinajstić information content (AvgIpc) is 2.63. The molecule has 0 atom stereocenters. The number of benzene rings is 1. The first-order valence-electron chi connectivity index (χ1n) is 7.48. The topological polar surface area (TPSA) is 163 Å². The van der Waals surface area contributed by atoms with E-state index in [-0.39, 0.29) is 40.6 Å². The summed E-state index contributed by atoms with van der Waals surface area (Å²) in [5, 5.41) is 22.5. The number of nitrogen functional groups attached to an aromatic ring is 2. The van der Waals surface area contributed by atoms with Crippen LogP contribution in [-0.2, 0) is 9.53 Å². The number of rotatable bonds is 5. The number of nitrogens with one attached hydrogen (secondary N) is 1. The Morgan fingerprint density at radius 1 is 1.23 bits per heavy atom. The lowest BCUT2D eigenvalue weighted by molar-refractivity contribution is -0.134. The zero-order chi connectivity index (χ0) is 19.1. The van der Waals surface area contributed by atoms with Crippen molar-refractivity contribution in [3.63, 3.8) is 0 Å². The van der Waals surface area contributed by atoms with E-state index in [9.17, 15) is 10.1 Å². The van der Waals surface area contributed by atoms with Crippen LogP contribution in [0, 0.1) is 22.7 Å². The number of hydrogen-bond acceptors (Lipinski definition) is 9. The number of carbonyl (C=O) groups excluding carboxylic acids is 1. The van der Waals surface area contributed by atoms with Crippen LogP contribution in [0.2, 0.25) is 0 Å². The van der Waals surface area contributed by atoms with E-state index in [0.29, 0.717) is 5.69 Å². The molecule has 2 aromatic rings. The summed E-state index contributed by atoms with van der Waals surface area (Å²) in [6.45, 7) is 1.71. The Bertz CT molecular complexity index is 940. The number of hydrazone groups is 1. The summed E-state index contributed by atoms with van der Waals surface area (Å²) in [6.07, 6.45) is 0. The van der Waals surface area contributed by atoms with Crippen molar-refractivity contribution in [3.05, 3.63) is 47.2 Å². The van der Waals surface area contributed by atoms with Gasteiger partial charge in [-0.15, -0.1) is 0 Å². The van der Waals surface area contributed by atoms with Crippen molar-refractivity contribution >= 4 is 28.9 Å². The zero-order valence-corrected chi connectivity index (χ0v) is 13.9. The van der Waals surface area contributed by atoms with Crippen molar-refractivity contribution in [2.45, 2.75) is 6.92 Å². The molecular weight excluding hydrogens is 334 g/mol. The highest BCUT2D eigenvalue weighted by Gasteiger charge is 2.25. The number of nitrogens with zero attached hydrogens (tertiary/aromatic N) is 4. The van der Waals surface area contributed by atoms with Gasteiger partial charge in [0, 0.05) is 0 Å². The molecular formula is C17H15N7O2. The Hall–Kier alpha value is -4.11. The molecule has 0 saturated carbocycles.